The minimum absolute atomic E-state index is 0.621. The summed E-state index contributed by atoms with van der Waals surface area (Å²) in [4.78, 5) is 4.76. The second-order valence-electron chi connectivity index (χ2n) is 6.62. The molecule has 0 bridgehead atoms. The van der Waals surface area contributed by atoms with Crippen molar-refractivity contribution >= 4 is 11.6 Å². The number of rotatable bonds is 6. The molecular weight excluding hydrogens is 334 g/mol. The quantitative estimate of drug-likeness (QED) is 0.514. The highest BCUT2D eigenvalue weighted by molar-refractivity contribution is 5.93. The molecule has 0 spiro atoms. The largest absolute Gasteiger partial charge is 0.352 e. The number of hydrogen-bond donors (Lipinski definition) is 2. The molecule has 5 nitrogen and oxygen atoms in total. The molecule has 3 rings (SSSR count). The fraction of sp³-hybridized carbons (Fsp3) is 0.273. The molecule has 2 N–H and O–H groups in total. The van der Waals surface area contributed by atoms with Gasteiger partial charge in [-0.05, 0) is 31.0 Å². The molecule has 3 aromatic rings. The summed E-state index contributed by atoms with van der Waals surface area (Å²) in [6.07, 6.45) is 2.98. The van der Waals surface area contributed by atoms with Gasteiger partial charge in [-0.3, -0.25) is 4.68 Å². The summed E-state index contributed by atoms with van der Waals surface area (Å²) in [5.41, 5.74) is 5.76. The number of nitrogens with zero attached hydrogens (tertiary/aromatic N) is 3. The van der Waals surface area contributed by atoms with Crippen LogP contribution in [0.4, 0.5) is 5.69 Å². The predicted octanol–water partition coefficient (Wildman–Crippen LogP) is 4.05. The molecule has 0 fully saturated rings. The molecule has 1 aromatic heterocycles. The number of anilines is 1. The number of aliphatic imine (C=N–C) groups is 1. The van der Waals surface area contributed by atoms with Gasteiger partial charge in [-0.25, -0.2) is 4.99 Å². The Morgan fingerprint density at radius 1 is 1.07 bits per heavy atom. The summed E-state index contributed by atoms with van der Waals surface area (Å²) < 4.78 is 1.86. The van der Waals surface area contributed by atoms with Gasteiger partial charge in [-0.1, -0.05) is 55.0 Å². The number of nitrogens with one attached hydrogen (secondary N) is 2. The molecule has 5 heteroatoms. The van der Waals surface area contributed by atoms with E-state index in [9.17, 15) is 0 Å². The van der Waals surface area contributed by atoms with Crippen molar-refractivity contribution in [2.24, 2.45) is 12.0 Å². The first-order chi connectivity index (χ1) is 13.1. The molecule has 0 radical (unpaired) electrons. The van der Waals surface area contributed by atoms with Crippen LogP contribution in [0, 0.1) is 6.92 Å². The van der Waals surface area contributed by atoms with Gasteiger partial charge in [0.2, 0.25) is 0 Å². The Labute approximate surface area is 161 Å². The lowest BCUT2D eigenvalue weighted by Gasteiger charge is -2.13. The van der Waals surface area contributed by atoms with E-state index in [0.29, 0.717) is 13.1 Å². The second-order valence-corrected chi connectivity index (χ2v) is 6.62. The van der Waals surface area contributed by atoms with Crippen LogP contribution < -0.4 is 10.6 Å². The Balaban J connectivity index is 1.74. The van der Waals surface area contributed by atoms with E-state index in [4.69, 9.17) is 4.99 Å². The Kier molecular flexibility index (Phi) is 6.26. The normalized spacial score (nSPS) is 11.4. The van der Waals surface area contributed by atoms with Crippen molar-refractivity contribution in [1.29, 1.82) is 0 Å². The number of hydrogen-bond acceptors (Lipinski definition) is 2. The second kappa shape index (κ2) is 9.03. The third-order valence-electron chi connectivity index (χ3n) is 4.35. The van der Waals surface area contributed by atoms with Gasteiger partial charge >= 0.3 is 0 Å². The maximum atomic E-state index is 4.76. The lowest BCUT2D eigenvalue weighted by atomic mass is 10.1. The van der Waals surface area contributed by atoms with Crippen LogP contribution in [0.2, 0.25) is 0 Å². The van der Waals surface area contributed by atoms with Crippen molar-refractivity contribution < 1.29 is 0 Å². The number of benzene rings is 2. The SMILES string of the molecule is CCc1nn(C)cc1CNC(=NCc1ccc(C)cc1)Nc1ccccc1. The average Bonchev–Trinajstić information content (AvgIpc) is 3.05. The first-order valence-corrected chi connectivity index (χ1v) is 9.31. The molecule has 140 valence electrons. The molecule has 0 saturated heterocycles. The van der Waals surface area contributed by atoms with Crippen LogP contribution in [0.3, 0.4) is 0 Å². The van der Waals surface area contributed by atoms with E-state index in [1.165, 1.54) is 16.7 Å². The first-order valence-electron chi connectivity index (χ1n) is 9.31. The fourth-order valence-electron chi connectivity index (χ4n) is 2.87. The van der Waals surface area contributed by atoms with Crippen molar-refractivity contribution in [3.8, 4) is 0 Å². The number of para-hydroxylation sites is 1. The number of guanidine groups is 1. The van der Waals surface area contributed by atoms with E-state index in [-0.39, 0.29) is 0 Å². The van der Waals surface area contributed by atoms with Crippen LogP contribution in [0.15, 0.2) is 65.8 Å². The Bertz CT molecular complexity index is 879. The van der Waals surface area contributed by atoms with Crippen molar-refractivity contribution in [3.63, 3.8) is 0 Å². The molecule has 0 aliphatic rings. The Hall–Kier alpha value is -3.08. The monoisotopic (exact) mass is 361 g/mol. The van der Waals surface area contributed by atoms with Gasteiger partial charge in [0.05, 0.1) is 12.2 Å². The average molecular weight is 361 g/mol. The van der Waals surface area contributed by atoms with Gasteiger partial charge in [0.25, 0.3) is 0 Å². The number of aryl methyl sites for hydroxylation is 3. The minimum Gasteiger partial charge on any atom is -0.352 e. The summed E-state index contributed by atoms with van der Waals surface area (Å²) >= 11 is 0. The van der Waals surface area contributed by atoms with E-state index >= 15 is 0 Å². The van der Waals surface area contributed by atoms with Crippen molar-refractivity contribution in [3.05, 3.63) is 83.2 Å². The Morgan fingerprint density at radius 3 is 2.52 bits per heavy atom. The molecule has 0 saturated carbocycles. The van der Waals surface area contributed by atoms with Gasteiger partial charge in [0, 0.05) is 31.0 Å². The molecule has 27 heavy (non-hydrogen) atoms. The molecular formula is C22H27N5. The first kappa shape index (κ1) is 18.7. The van der Waals surface area contributed by atoms with Crippen LogP contribution in [-0.4, -0.2) is 15.7 Å². The maximum absolute atomic E-state index is 4.76. The summed E-state index contributed by atoms with van der Waals surface area (Å²) in [6, 6.07) is 18.6. The van der Waals surface area contributed by atoms with E-state index in [0.717, 1.165) is 23.8 Å². The van der Waals surface area contributed by atoms with Crippen LogP contribution in [-0.2, 0) is 26.6 Å². The topological polar surface area (TPSA) is 54.2 Å². The molecule has 2 aromatic carbocycles. The summed E-state index contributed by atoms with van der Waals surface area (Å²) in [5.74, 6) is 0.757. The van der Waals surface area contributed by atoms with Crippen LogP contribution in [0.5, 0.6) is 0 Å². The van der Waals surface area contributed by atoms with E-state index in [2.05, 4.69) is 60.0 Å². The molecule has 1 heterocycles. The van der Waals surface area contributed by atoms with Crippen LogP contribution in [0.25, 0.3) is 0 Å². The van der Waals surface area contributed by atoms with Gasteiger partial charge in [-0.2, -0.15) is 5.10 Å². The third-order valence-corrected chi connectivity index (χ3v) is 4.35. The lowest BCUT2D eigenvalue weighted by molar-refractivity contribution is 0.746. The van der Waals surface area contributed by atoms with Crippen LogP contribution >= 0.6 is 0 Å². The van der Waals surface area contributed by atoms with E-state index in [1.807, 2.05) is 42.1 Å². The zero-order valence-electron chi connectivity index (χ0n) is 16.2. The standard InChI is InChI=1S/C22H27N5/c1-4-21-19(16-27(3)26-21)15-24-22(25-20-8-6-5-7-9-20)23-14-18-12-10-17(2)11-13-18/h5-13,16H,4,14-15H2,1-3H3,(H2,23,24,25). The van der Waals surface area contributed by atoms with Gasteiger partial charge in [0.15, 0.2) is 5.96 Å². The van der Waals surface area contributed by atoms with Gasteiger partial charge in [0.1, 0.15) is 0 Å². The van der Waals surface area contributed by atoms with E-state index < -0.39 is 0 Å². The summed E-state index contributed by atoms with van der Waals surface area (Å²) in [7, 11) is 1.96. The maximum Gasteiger partial charge on any atom is 0.196 e. The highest BCUT2D eigenvalue weighted by Crippen LogP contribution is 2.09. The fourth-order valence-corrected chi connectivity index (χ4v) is 2.87. The Morgan fingerprint density at radius 2 is 1.81 bits per heavy atom. The zero-order chi connectivity index (χ0) is 19.1. The molecule has 0 atom stereocenters. The number of aromatic nitrogens is 2. The molecule has 0 aliphatic carbocycles. The van der Waals surface area contributed by atoms with Crippen molar-refractivity contribution in [1.82, 2.24) is 15.1 Å². The molecule has 0 aliphatic heterocycles. The highest BCUT2D eigenvalue weighted by Gasteiger charge is 2.07. The van der Waals surface area contributed by atoms with E-state index in [1.54, 1.807) is 0 Å². The summed E-state index contributed by atoms with van der Waals surface area (Å²) in [6.45, 7) is 5.52. The van der Waals surface area contributed by atoms with Gasteiger partial charge in [-0.15, -0.1) is 0 Å². The minimum atomic E-state index is 0.621. The zero-order valence-corrected chi connectivity index (χ0v) is 16.2. The van der Waals surface area contributed by atoms with Crippen molar-refractivity contribution in [2.45, 2.75) is 33.4 Å². The molecule has 0 unspecified atom stereocenters. The molecule has 0 amide bonds. The predicted molar refractivity (Wildman–Crippen MR) is 112 cm³/mol. The summed E-state index contributed by atoms with van der Waals surface area (Å²) in [5, 5.41) is 11.3. The van der Waals surface area contributed by atoms with Gasteiger partial charge < -0.3 is 10.6 Å². The smallest absolute Gasteiger partial charge is 0.196 e. The van der Waals surface area contributed by atoms with Crippen molar-refractivity contribution in [2.75, 3.05) is 5.32 Å². The third kappa shape index (κ3) is 5.45. The van der Waals surface area contributed by atoms with Crippen LogP contribution in [0.1, 0.15) is 29.3 Å². The lowest BCUT2D eigenvalue weighted by Crippen LogP contribution is -2.30. The highest BCUT2D eigenvalue weighted by atomic mass is 15.3.